The summed E-state index contributed by atoms with van der Waals surface area (Å²) in [5, 5.41) is 0. The number of amides is 1. The lowest BCUT2D eigenvalue weighted by atomic mass is 10.1. The highest BCUT2D eigenvalue weighted by Crippen LogP contribution is 2.15. The molecule has 0 aliphatic heterocycles. The van der Waals surface area contributed by atoms with Gasteiger partial charge in [0.1, 0.15) is 0 Å². The van der Waals surface area contributed by atoms with Gasteiger partial charge in [0.15, 0.2) is 5.58 Å². The average molecular weight is 324 g/mol. The van der Waals surface area contributed by atoms with E-state index in [4.69, 9.17) is 4.42 Å². The van der Waals surface area contributed by atoms with Crippen molar-refractivity contribution >= 4 is 17.0 Å². The van der Waals surface area contributed by atoms with Gasteiger partial charge >= 0.3 is 5.76 Å². The Morgan fingerprint density at radius 2 is 1.88 bits per heavy atom. The van der Waals surface area contributed by atoms with E-state index in [0.717, 1.165) is 11.1 Å². The SMILES string of the molecule is CC(C)N(Cc1ccccc1)C(=O)Cc1ccc2oc(=O)[nH]c2c1. The van der Waals surface area contributed by atoms with Crippen molar-refractivity contribution in [1.29, 1.82) is 0 Å². The number of nitrogens with zero attached hydrogens (tertiary/aromatic N) is 1. The molecule has 24 heavy (non-hydrogen) atoms. The van der Waals surface area contributed by atoms with Crippen LogP contribution in [0.2, 0.25) is 0 Å². The zero-order valence-electron chi connectivity index (χ0n) is 13.8. The molecule has 0 saturated heterocycles. The molecule has 1 N–H and O–H groups in total. The van der Waals surface area contributed by atoms with E-state index in [2.05, 4.69) is 4.98 Å². The first-order valence-corrected chi connectivity index (χ1v) is 7.98. The number of aromatic amines is 1. The zero-order chi connectivity index (χ0) is 17.1. The molecular formula is C19H20N2O3. The van der Waals surface area contributed by atoms with Crippen molar-refractivity contribution in [2.75, 3.05) is 0 Å². The van der Waals surface area contributed by atoms with Crippen molar-refractivity contribution in [2.24, 2.45) is 0 Å². The van der Waals surface area contributed by atoms with Gasteiger partial charge in [-0.2, -0.15) is 0 Å². The summed E-state index contributed by atoms with van der Waals surface area (Å²) in [4.78, 5) is 28.4. The molecule has 0 saturated carbocycles. The van der Waals surface area contributed by atoms with Gasteiger partial charge in [-0.3, -0.25) is 9.78 Å². The molecule has 0 aliphatic carbocycles. The molecule has 1 heterocycles. The number of benzene rings is 2. The van der Waals surface area contributed by atoms with E-state index in [9.17, 15) is 9.59 Å². The second kappa shape index (κ2) is 6.74. The Labute approximate surface area is 139 Å². The van der Waals surface area contributed by atoms with Crippen LogP contribution in [-0.2, 0) is 17.8 Å². The van der Waals surface area contributed by atoms with E-state index in [1.165, 1.54) is 0 Å². The van der Waals surface area contributed by atoms with Gasteiger partial charge in [0.05, 0.1) is 11.9 Å². The topological polar surface area (TPSA) is 66.3 Å². The van der Waals surface area contributed by atoms with Crippen LogP contribution < -0.4 is 5.76 Å². The molecule has 0 spiro atoms. The van der Waals surface area contributed by atoms with Gasteiger partial charge in [0.2, 0.25) is 5.91 Å². The van der Waals surface area contributed by atoms with Crippen molar-refractivity contribution in [3.8, 4) is 0 Å². The van der Waals surface area contributed by atoms with Crippen molar-refractivity contribution < 1.29 is 9.21 Å². The zero-order valence-corrected chi connectivity index (χ0v) is 13.8. The Bertz CT molecular complexity index is 894. The lowest BCUT2D eigenvalue weighted by molar-refractivity contribution is -0.132. The quantitative estimate of drug-likeness (QED) is 0.784. The normalized spacial score (nSPS) is 11.1. The fraction of sp³-hybridized carbons (Fsp3) is 0.263. The summed E-state index contributed by atoms with van der Waals surface area (Å²) >= 11 is 0. The standard InChI is InChI=1S/C19H20N2O3/c1-13(2)21(12-14-6-4-3-5-7-14)18(22)11-15-8-9-17-16(10-15)20-19(23)24-17/h3-10,13H,11-12H2,1-2H3,(H,20,23). The van der Waals surface area contributed by atoms with E-state index in [1.807, 2.05) is 55.1 Å². The van der Waals surface area contributed by atoms with Crippen LogP contribution in [0.25, 0.3) is 11.1 Å². The molecule has 0 atom stereocenters. The molecule has 3 rings (SSSR count). The van der Waals surface area contributed by atoms with Crippen LogP contribution in [0.1, 0.15) is 25.0 Å². The van der Waals surface area contributed by atoms with E-state index in [-0.39, 0.29) is 18.4 Å². The molecule has 1 aromatic heterocycles. The van der Waals surface area contributed by atoms with Crippen LogP contribution in [0, 0.1) is 0 Å². The summed E-state index contributed by atoms with van der Waals surface area (Å²) in [5.74, 6) is -0.430. The van der Waals surface area contributed by atoms with Gasteiger partial charge in [0.25, 0.3) is 0 Å². The van der Waals surface area contributed by atoms with Crippen molar-refractivity contribution in [3.05, 3.63) is 70.2 Å². The number of carbonyl (C=O) groups excluding carboxylic acids is 1. The van der Waals surface area contributed by atoms with E-state index < -0.39 is 5.76 Å². The van der Waals surface area contributed by atoms with E-state index in [1.54, 1.807) is 12.1 Å². The number of aromatic nitrogens is 1. The maximum atomic E-state index is 12.7. The fourth-order valence-corrected chi connectivity index (χ4v) is 2.72. The van der Waals surface area contributed by atoms with Crippen LogP contribution >= 0.6 is 0 Å². The molecule has 3 aromatic rings. The van der Waals surface area contributed by atoms with Crippen LogP contribution in [0.3, 0.4) is 0 Å². The predicted octanol–water partition coefficient (Wildman–Crippen LogP) is 3.10. The van der Waals surface area contributed by atoms with Crippen molar-refractivity contribution in [1.82, 2.24) is 9.88 Å². The summed E-state index contributed by atoms with van der Waals surface area (Å²) in [5.41, 5.74) is 3.07. The summed E-state index contributed by atoms with van der Waals surface area (Å²) in [6, 6.07) is 15.4. The van der Waals surface area contributed by atoms with Crippen molar-refractivity contribution in [2.45, 2.75) is 32.9 Å². The Kier molecular flexibility index (Phi) is 4.51. The van der Waals surface area contributed by atoms with Crippen LogP contribution in [0.5, 0.6) is 0 Å². The predicted molar refractivity (Wildman–Crippen MR) is 92.7 cm³/mol. The molecule has 124 valence electrons. The molecule has 0 fully saturated rings. The van der Waals surface area contributed by atoms with Crippen molar-refractivity contribution in [3.63, 3.8) is 0 Å². The highest BCUT2D eigenvalue weighted by Gasteiger charge is 2.18. The van der Waals surface area contributed by atoms with Gasteiger partial charge in [-0.25, -0.2) is 4.79 Å². The second-order valence-electron chi connectivity index (χ2n) is 6.12. The van der Waals surface area contributed by atoms with Crippen LogP contribution in [0.15, 0.2) is 57.7 Å². The maximum Gasteiger partial charge on any atom is 0.417 e. The summed E-state index contributed by atoms with van der Waals surface area (Å²) in [7, 11) is 0. The molecule has 2 aromatic carbocycles. The molecule has 0 radical (unpaired) electrons. The molecule has 1 amide bonds. The Morgan fingerprint density at radius 3 is 2.58 bits per heavy atom. The molecule has 0 unspecified atom stereocenters. The number of fused-ring (bicyclic) bond motifs is 1. The maximum absolute atomic E-state index is 12.7. The first-order chi connectivity index (χ1) is 11.5. The summed E-state index contributed by atoms with van der Waals surface area (Å²) in [6.07, 6.45) is 0.286. The minimum absolute atomic E-state index is 0.0547. The largest absolute Gasteiger partial charge is 0.417 e. The summed E-state index contributed by atoms with van der Waals surface area (Å²) < 4.78 is 4.99. The molecular weight excluding hydrogens is 304 g/mol. The van der Waals surface area contributed by atoms with Gasteiger partial charge < -0.3 is 9.32 Å². The van der Waals surface area contributed by atoms with E-state index in [0.29, 0.717) is 17.6 Å². The minimum Gasteiger partial charge on any atom is -0.408 e. The third-order valence-electron chi connectivity index (χ3n) is 3.98. The average Bonchev–Trinajstić information content (AvgIpc) is 2.92. The van der Waals surface area contributed by atoms with Crippen LogP contribution in [0.4, 0.5) is 0 Å². The first kappa shape index (κ1) is 16.1. The number of hydrogen-bond acceptors (Lipinski definition) is 3. The second-order valence-corrected chi connectivity index (χ2v) is 6.12. The smallest absolute Gasteiger partial charge is 0.408 e. The number of rotatable bonds is 5. The van der Waals surface area contributed by atoms with Gasteiger partial charge in [-0.1, -0.05) is 36.4 Å². The highest BCUT2D eigenvalue weighted by atomic mass is 16.4. The first-order valence-electron chi connectivity index (χ1n) is 7.98. The monoisotopic (exact) mass is 324 g/mol. The number of carbonyl (C=O) groups is 1. The van der Waals surface area contributed by atoms with Gasteiger partial charge in [-0.05, 0) is 37.1 Å². The van der Waals surface area contributed by atoms with Crippen LogP contribution in [-0.4, -0.2) is 21.8 Å². The number of H-pyrrole nitrogens is 1. The molecule has 5 heteroatoms. The number of nitrogens with one attached hydrogen (secondary N) is 1. The number of oxazole rings is 1. The third-order valence-corrected chi connectivity index (χ3v) is 3.98. The van der Waals surface area contributed by atoms with Gasteiger partial charge in [0, 0.05) is 12.6 Å². The van der Waals surface area contributed by atoms with E-state index >= 15 is 0 Å². The molecule has 5 nitrogen and oxygen atoms in total. The minimum atomic E-state index is -0.485. The molecule has 0 aliphatic rings. The Hall–Kier alpha value is -2.82. The third kappa shape index (κ3) is 3.56. The van der Waals surface area contributed by atoms with Gasteiger partial charge in [-0.15, -0.1) is 0 Å². The molecule has 0 bridgehead atoms. The lowest BCUT2D eigenvalue weighted by Crippen LogP contribution is -2.37. The number of hydrogen-bond donors (Lipinski definition) is 1. The Balaban J connectivity index is 1.77. The highest BCUT2D eigenvalue weighted by molar-refractivity contribution is 5.81. The lowest BCUT2D eigenvalue weighted by Gasteiger charge is -2.27. The Morgan fingerprint density at radius 1 is 1.12 bits per heavy atom. The summed E-state index contributed by atoms with van der Waals surface area (Å²) in [6.45, 7) is 4.61. The fourth-order valence-electron chi connectivity index (χ4n) is 2.72.